The van der Waals surface area contributed by atoms with Crippen LogP contribution in [0.25, 0.3) is 0 Å². The summed E-state index contributed by atoms with van der Waals surface area (Å²) in [5.74, 6) is 0.292. The summed E-state index contributed by atoms with van der Waals surface area (Å²) in [5.41, 5.74) is -1.21. The molecule has 3 aromatic rings. The molecule has 0 aliphatic carbocycles. The fraction of sp³-hybridized carbons (Fsp3) is 0.227. The average molecular weight is 497 g/mol. The molecule has 1 aromatic heterocycles. The summed E-state index contributed by atoms with van der Waals surface area (Å²) in [6.45, 7) is 5.87. The van der Waals surface area contributed by atoms with Crippen LogP contribution < -0.4 is 10.1 Å². The molecule has 174 valence electrons. The average Bonchev–Trinajstić information content (AvgIpc) is 3.15. The molecule has 1 atom stereocenters. The van der Waals surface area contributed by atoms with E-state index in [-0.39, 0.29) is 11.4 Å². The number of thioether (sulfide) groups is 1. The Kier molecular flexibility index (Phi) is 8.04. The maximum absolute atomic E-state index is 13.1. The second-order valence-electron chi connectivity index (χ2n) is 6.84. The first-order valence-corrected chi connectivity index (χ1v) is 11.1. The van der Waals surface area contributed by atoms with Crippen molar-refractivity contribution in [2.24, 2.45) is 0 Å². The van der Waals surface area contributed by atoms with E-state index in [9.17, 15) is 18.0 Å². The van der Waals surface area contributed by atoms with E-state index in [0.717, 1.165) is 17.8 Å². The molecule has 11 heteroatoms. The van der Waals surface area contributed by atoms with E-state index < -0.39 is 23.8 Å². The Bertz CT molecular complexity index is 1140. The molecule has 1 amide bonds. The van der Waals surface area contributed by atoms with Gasteiger partial charge in [-0.1, -0.05) is 47.6 Å². The largest absolute Gasteiger partial charge is 0.483 e. The third-order valence-corrected chi connectivity index (χ3v) is 5.57. The molecule has 0 aliphatic rings. The summed E-state index contributed by atoms with van der Waals surface area (Å²) in [7, 11) is 0. The zero-order chi connectivity index (χ0) is 24.0. The Morgan fingerprint density at radius 3 is 2.73 bits per heavy atom. The highest BCUT2D eigenvalue weighted by Crippen LogP contribution is 2.34. The summed E-state index contributed by atoms with van der Waals surface area (Å²) in [5, 5.41) is 11.5. The fourth-order valence-corrected chi connectivity index (χ4v) is 3.90. The molecule has 33 heavy (non-hydrogen) atoms. The van der Waals surface area contributed by atoms with Gasteiger partial charge in [-0.3, -0.25) is 9.36 Å². The molecule has 0 radical (unpaired) electrons. The second-order valence-corrected chi connectivity index (χ2v) is 8.22. The first kappa shape index (κ1) is 24.7. The van der Waals surface area contributed by atoms with Gasteiger partial charge < -0.3 is 10.1 Å². The number of amides is 1. The summed E-state index contributed by atoms with van der Waals surface area (Å²) >= 11 is 7.04. The third kappa shape index (κ3) is 6.52. The number of aromatic nitrogens is 3. The SMILES string of the molecule is C=CCn1c(SCC(=O)Nc2ccccc2C(F)(F)F)nnc1C(C)Oc1cccc(Cl)c1. The number of para-hydroxylation sites is 1. The van der Waals surface area contributed by atoms with Gasteiger partial charge in [-0.25, -0.2) is 0 Å². The monoisotopic (exact) mass is 496 g/mol. The smallest absolute Gasteiger partial charge is 0.418 e. The number of nitrogens with zero attached hydrogens (tertiary/aromatic N) is 3. The van der Waals surface area contributed by atoms with Gasteiger partial charge in [-0.15, -0.1) is 16.8 Å². The van der Waals surface area contributed by atoms with Crippen molar-refractivity contribution in [1.29, 1.82) is 0 Å². The van der Waals surface area contributed by atoms with E-state index >= 15 is 0 Å². The van der Waals surface area contributed by atoms with Crippen molar-refractivity contribution >= 4 is 35.0 Å². The predicted octanol–water partition coefficient (Wildman–Crippen LogP) is 6.01. The first-order chi connectivity index (χ1) is 15.7. The van der Waals surface area contributed by atoms with Crippen LogP contribution in [0.1, 0.15) is 24.4 Å². The standard InChI is InChI=1S/C22H20ClF3N4O2S/c1-3-11-30-20(14(2)32-16-8-6-7-15(23)12-16)28-29-21(30)33-13-19(31)27-18-10-5-4-9-17(18)22(24,25)26/h3-10,12,14H,1,11,13H2,2H3,(H,27,31). The van der Waals surface area contributed by atoms with Gasteiger partial charge >= 0.3 is 6.18 Å². The zero-order valence-corrected chi connectivity index (χ0v) is 19.0. The lowest BCUT2D eigenvalue weighted by molar-refractivity contribution is -0.137. The highest BCUT2D eigenvalue weighted by molar-refractivity contribution is 7.99. The number of halogens is 4. The topological polar surface area (TPSA) is 69.0 Å². The lowest BCUT2D eigenvalue weighted by Crippen LogP contribution is -2.18. The number of hydrogen-bond donors (Lipinski definition) is 1. The highest BCUT2D eigenvalue weighted by atomic mass is 35.5. The molecule has 0 saturated heterocycles. The number of hydrogen-bond acceptors (Lipinski definition) is 5. The van der Waals surface area contributed by atoms with Gasteiger partial charge in [0.15, 0.2) is 17.1 Å². The van der Waals surface area contributed by atoms with Crippen molar-refractivity contribution < 1.29 is 22.7 Å². The summed E-state index contributed by atoms with van der Waals surface area (Å²) in [6.07, 6.45) is -3.42. The van der Waals surface area contributed by atoms with Crippen molar-refractivity contribution in [3.8, 4) is 5.75 Å². The van der Waals surface area contributed by atoms with Gasteiger partial charge in [0, 0.05) is 11.6 Å². The summed E-state index contributed by atoms with van der Waals surface area (Å²) < 4.78 is 47.0. The lowest BCUT2D eigenvalue weighted by Gasteiger charge is -2.16. The minimum absolute atomic E-state index is 0.162. The van der Waals surface area contributed by atoms with Gasteiger partial charge in [0.1, 0.15) is 5.75 Å². The molecular weight excluding hydrogens is 477 g/mol. The Morgan fingerprint density at radius 2 is 2.03 bits per heavy atom. The Morgan fingerprint density at radius 1 is 1.27 bits per heavy atom. The quantitative estimate of drug-likeness (QED) is 0.290. The van der Waals surface area contributed by atoms with Crippen LogP contribution in [0.3, 0.4) is 0 Å². The highest BCUT2D eigenvalue weighted by Gasteiger charge is 2.33. The van der Waals surface area contributed by atoms with Crippen LogP contribution in [0, 0.1) is 0 Å². The van der Waals surface area contributed by atoms with Crippen molar-refractivity contribution in [2.75, 3.05) is 11.1 Å². The maximum atomic E-state index is 13.1. The molecule has 1 N–H and O–H groups in total. The van der Waals surface area contributed by atoms with Crippen LogP contribution in [0.2, 0.25) is 5.02 Å². The van der Waals surface area contributed by atoms with Crippen molar-refractivity contribution in [3.05, 3.63) is 77.6 Å². The lowest BCUT2D eigenvalue weighted by atomic mass is 10.1. The number of nitrogens with one attached hydrogen (secondary N) is 1. The molecular formula is C22H20ClF3N4O2S. The minimum Gasteiger partial charge on any atom is -0.483 e. The summed E-state index contributed by atoms with van der Waals surface area (Å²) in [6, 6.07) is 11.7. The van der Waals surface area contributed by atoms with Crippen molar-refractivity contribution in [3.63, 3.8) is 0 Å². The molecule has 6 nitrogen and oxygen atoms in total. The van der Waals surface area contributed by atoms with Crippen LogP contribution in [-0.2, 0) is 17.5 Å². The van der Waals surface area contributed by atoms with E-state index in [4.69, 9.17) is 16.3 Å². The molecule has 0 bridgehead atoms. The Balaban J connectivity index is 1.70. The number of carbonyl (C=O) groups is 1. The normalized spacial score (nSPS) is 12.3. The number of alkyl halides is 3. The van der Waals surface area contributed by atoms with Gasteiger partial charge in [0.05, 0.1) is 17.0 Å². The molecule has 0 spiro atoms. The third-order valence-electron chi connectivity index (χ3n) is 4.37. The molecule has 1 heterocycles. The Labute approximate surface area is 197 Å². The molecule has 2 aromatic carbocycles. The van der Waals surface area contributed by atoms with E-state index in [0.29, 0.717) is 28.3 Å². The van der Waals surface area contributed by atoms with Gasteiger partial charge in [-0.2, -0.15) is 13.2 Å². The Hall–Kier alpha value is -2.98. The molecule has 0 saturated carbocycles. The molecule has 1 unspecified atom stereocenters. The first-order valence-electron chi connectivity index (χ1n) is 9.74. The van der Waals surface area contributed by atoms with Crippen LogP contribution in [0.15, 0.2) is 66.3 Å². The van der Waals surface area contributed by atoms with Crippen LogP contribution in [-0.4, -0.2) is 26.4 Å². The van der Waals surface area contributed by atoms with Crippen LogP contribution >= 0.6 is 23.4 Å². The van der Waals surface area contributed by atoms with Crippen molar-refractivity contribution in [1.82, 2.24) is 14.8 Å². The van der Waals surface area contributed by atoms with E-state index in [1.807, 2.05) is 0 Å². The summed E-state index contributed by atoms with van der Waals surface area (Å²) in [4.78, 5) is 12.3. The van der Waals surface area contributed by atoms with E-state index in [1.165, 1.54) is 18.2 Å². The number of anilines is 1. The van der Waals surface area contributed by atoms with Crippen LogP contribution in [0.5, 0.6) is 5.75 Å². The zero-order valence-electron chi connectivity index (χ0n) is 17.5. The number of carbonyl (C=O) groups excluding carboxylic acids is 1. The number of ether oxygens (including phenoxy) is 1. The second kappa shape index (κ2) is 10.8. The maximum Gasteiger partial charge on any atom is 0.418 e. The van der Waals surface area contributed by atoms with Gasteiger partial charge in [-0.05, 0) is 37.3 Å². The number of benzene rings is 2. The van der Waals surface area contributed by atoms with Gasteiger partial charge in [0.2, 0.25) is 5.91 Å². The molecule has 0 fully saturated rings. The van der Waals surface area contributed by atoms with E-state index in [2.05, 4.69) is 22.1 Å². The fourth-order valence-electron chi connectivity index (χ4n) is 2.96. The van der Waals surface area contributed by atoms with Gasteiger partial charge in [0.25, 0.3) is 0 Å². The number of rotatable bonds is 9. The molecule has 3 rings (SSSR count). The predicted molar refractivity (Wildman–Crippen MR) is 122 cm³/mol. The number of allylic oxidation sites excluding steroid dienone is 1. The van der Waals surface area contributed by atoms with Crippen LogP contribution in [0.4, 0.5) is 18.9 Å². The minimum atomic E-state index is -4.57. The van der Waals surface area contributed by atoms with Crippen molar-refractivity contribution in [2.45, 2.75) is 30.9 Å². The molecule has 0 aliphatic heterocycles. The van der Waals surface area contributed by atoms with E-state index in [1.54, 1.807) is 41.8 Å².